The van der Waals surface area contributed by atoms with Crippen LogP contribution in [0.3, 0.4) is 0 Å². The summed E-state index contributed by atoms with van der Waals surface area (Å²) in [5.74, 6) is -0.0875. The zero-order valence-corrected chi connectivity index (χ0v) is 12.7. The van der Waals surface area contributed by atoms with Crippen molar-refractivity contribution < 1.29 is 18.3 Å². The molecule has 0 saturated carbocycles. The molecule has 0 amide bonds. The molecule has 0 spiro atoms. The molecule has 3 heterocycles. The number of aliphatic carboxylic acids is 1. The standard InChI is InChI=1S/C14H20N2O4S/c17-14(18)10-4-5-16-9-11(15-13(16)7-10)8-12-3-1-2-6-21(12,19)20/h9-10,12H,1-8H2,(H,17,18). The van der Waals surface area contributed by atoms with Crippen LogP contribution in [0.1, 0.15) is 37.2 Å². The number of aryl methyl sites for hydroxylation is 1. The first-order valence-corrected chi connectivity index (χ1v) is 9.16. The molecule has 2 aliphatic heterocycles. The maximum atomic E-state index is 12.1. The van der Waals surface area contributed by atoms with Gasteiger partial charge in [-0.15, -0.1) is 0 Å². The van der Waals surface area contributed by atoms with E-state index >= 15 is 0 Å². The number of aromatic nitrogens is 2. The Morgan fingerprint density at radius 3 is 2.90 bits per heavy atom. The first kappa shape index (κ1) is 14.6. The molecule has 6 nitrogen and oxygen atoms in total. The number of hydrogen-bond acceptors (Lipinski definition) is 4. The molecule has 1 saturated heterocycles. The lowest BCUT2D eigenvalue weighted by atomic mass is 9.98. The second-order valence-corrected chi connectivity index (χ2v) is 8.46. The monoisotopic (exact) mass is 312 g/mol. The van der Waals surface area contributed by atoms with Crippen molar-refractivity contribution >= 4 is 15.8 Å². The number of carboxylic acid groups (broad SMARTS) is 1. The van der Waals surface area contributed by atoms with Crippen LogP contribution in [0.4, 0.5) is 0 Å². The Kier molecular flexibility index (Phi) is 3.77. The minimum absolute atomic E-state index is 0.284. The Morgan fingerprint density at radius 2 is 2.19 bits per heavy atom. The maximum Gasteiger partial charge on any atom is 0.307 e. The van der Waals surface area contributed by atoms with Crippen LogP contribution in [0.15, 0.2) is 6.20 Å². The van der Waals surface area contributed by atoms with Gasteiger partial charge in [0.25, 0.3) is 0 Å². The zero-order valence-electron chi connectivity index (χ0n) is 11.9. The van der Waals surface area contributed by atoms with Crippen LogP contribution >= 0.6 is 0 Å². The van der Waals surface area contributed by atoms with Gasteiger partial charge in [-0.3, -0.25) is 4.79 Å². The van der Waals surface area contributed by atoms with Crippen molar-refractivity contribution in [3.63, 3.8) is 0 Å². The number of hydrogen-bond donors (Lipinski definition) is 1. The quantitative estimate of drug-likeness (QED) is 0.900. The molecule has 1 fully saturated rings. The highest BCUT2D eigenvalue weighted by Gasteiger charge is 2.31. The molecule has 2 unspecified atom stereocenters. The Labute approximate surface area is 124 Å². The summed E-state index contributed by atoms with van der Waals surface area (Å²) in [6, 6.07) is 0. The highest BCUT2D eigenvalue weighted by Crippen LogP contribution is 2.25. The van der Waals surface area contributed by atoms with Crippen molar-refractivity contribution in [3.05, 3.63) is 17.7 Å². The fraction of sp³-hybridized carbons (Fsp3) is 0.714. The Balaban J connectivity index is 1.75. The minimum Gasteiger partial charge on any atom is -0.481 e. The summed E-state index contributed by atoms with van der Waals surface area (Å²) < 4.78 is 26.1. The van der Waals surface area contributed by atoms with Crippen molar-refractivity contribution in [1.29, 1.82) is 0 Å². The van der Waals surface area contributed by atoms with Crippen molar-refractivity contribution in [2.75, 3.05) is 5.75 Å². The number of fused-ring (bicyclic) bond motifs is 1. The van der Waals surface area contributed by atoms with E-state index in [-0.39, 0.29) is 16.9 Å². The van der Waals surface area contributed by atoms with Gasteiger partial charge in [-0.1, -0.05) is 6.42 Å². The second-order valence-electron chi connectivity index (χ2n) is 6.06. The summed E-state index contributed by atoms with van der Waals surface area (Å²) in [6.07, 6.45) is 5.84. The third-order valence-electron chi connectivity index (χ3n) is 4.56. The number of sulfone groups is 1. The summed E-state index contributed by atoms with van der Waals surface area (Å²) in [6.45, 7) is 0.650. The Bertz CT molecular complexity index is 650. The molecule has 116 valence electrons. The third kappa shape index (κ3) is 2.97. The Morgan fingerprint density at radius 1 is 1.38 bits per heavy atom. The van der Waals surface area contributed by atoms with E-state index in [9.17, 15) is 13.2 Å². The average molecular weight is 312 g/mol. The first-order valence-electron chi connectivity index (χ1n) is 7.45. The lowest BCUT2D eigenvalue weighted by molar-refractivity contribution is -0.142. The molecule has 0 aliphatic carbocycles. The molecule has 21 heavy (non-hydrogen) atoms. The number of carbonyl (C=O) groups is 1. The SMILES string of the molecule is O=C(O)C1CCn2cc(CC3CCCCS3(=O)=O)nc2C1. The minimum atomic E-state index is -2.99. The lowest BCUT2D eigenvalue weighted by Gasteiger charge is -2.21. The van der Waals surface area contributed by atoms with Crippen LogP contribution in [0.5, 0.6) is 0 Å². The topological polar surface area (TPSA) is 89.3 Å². The number of carboxylic acids is 1. The van der Waals surface area contributed by atoms with Gasteiger partial charge in [0.2, 0.25) is 0 Å². The highest BCUT2D eigenvalue weighted by atomic mass is 32.2. The van der Waals surface area contributed by atoms with Crippen molar-refractivity contribution in [2.45, 2.75) is 50.3 Å². The van der Waals surface area contributed by atoms with E-state index in [4.69, 9.17) is 5.11 Å². The molecule has 7 heteroatoms. The third-order valence-corrected chi connectivity index (χ3v) is 6.83. The fourth-order valence-corrected chi connectivity index (χ4v) is 5.17. The summed E-state index contributed by atoms with van der Waals surface area (Å²) in [5, 5.41) is 8.76. The van der Waals surface area contributed by atoms with Crippen LogP contribution in [0.2, 0.25) is 0 Å². The summed E-state index contributed by atoms with van der Waals surface area (Å²) in [7, 11) is -2.99. The molecule has 0 radical (unpaired) electrons. The predicted molar refractivity (Wildman–Crippen MR) is 76.8 cm³/mol. The van der Waals surface area contributed by atoms with Gasteiger partial charge in [-0.25, -0.2) is 13.4 Å². The summed E-state index contributed by atoms with van der Waals surface area (Å²) in [5.41, 5.74) is 0.784. The Hall–Kier alpha value is -1.37. The molecule has 0 bridgehead atoms. The number of imidazole rings is 1. The van der Waals surface area contributed by atoms with E-state index in [1.165, 1.54) is 0 Å². The molecular weight excluding hydrogens is 292 g/mol. The van der Waals surface area contributed by atoms with E-state index in [2.05, 4.69) is 4.98 Å². The van der Waals surface area contributed by atoms with Crippen molar-refractivity contribution in [1.82, 2.24) is 9.55 Å². The largest absolute Gasteiger partial charge is 0.481 e. The van der Waals surface area contributed by atoms with E-state index in [1.807, 2.05) is 10.8 Å². The normalized spacial score (nSPS) is 28.0. The molecular formula is C14H20N2O4S. The van der Waals surface area contributed by atoms with Gasteiger partial charge >= 0.3 is 5.97 Å². The second kappa shape index (κ2) is 5.44. The summed E-state index contributed by atoms with van der Waals surface area (Å²) >= 11 is 0. The van der Waals surface area contributed by atoms with Gasteiger partial charge in [0.05, 0.1) is 22.6 Å². The lowest BCUT2D eigenvalue weighted by Crippen LogP contribution is -2.30. The van der Waals surface area contributed by atoms with Crippen molar-refractivity contribution in [2.24, 2.45) is 5.92 Å². The summed E-state index contributed by atoms with van der Waals surface area (Å²) in [4.78, 5) is 15.5. The van der Waals surface area contributed by atoms with Crippen LogP contribution in [0.25, 0.3) is 0 Å². The molecule has 1 aromatic rings. The highest BCUT2D eigenvalue weighted by molar-refractivity contribution is 7.92. The average Bonchev–Trinajstić information content (AvgIpc) is 2.82. The van der Waals surface area contributed by atoms with Crippen molar-refractivity contribution in [3.8, 4) is 0 Å². The van der Waals surface area contributed by atoms with Gasteiger partial charge < -0.3 is 9.67 Å². The van der Waals surface area contributed by atoms with Gasteiger partial charge in [0, 0.05) is 25.6 Å². The van der Waals surface area contributed by atoms with Crippen LogP contribution in [0, 0.1) is 5.92 Å². The van der Waals surface area contributed by atoms with E-state index < -0.39 is 15.8 Å². The molecule has 2 aliphatic rings. The zero-order chi connectivity index (χ0) is 15.0. The van der Waals surface area contributed by atoms with Crippen LogP contribution < -0.4 is 0 Å². The van der Waals surface area contributed by atoms with Crippen LogP contribution in [-0.4, -0.2) is 40.0 Å². The van der Waals surface area contributed by atoms with E-state index in [1.54, 1.807) is 0 Å². The molecule has 1 N–H and O–H groups in total. The smallest absolute Gasteiger partial charge is 0.307 e. The van der Waals surface area contributed by atoms with Gasteiger partial charge in [-0.2, -0.15) is 0 Å². The molecule has 0 aromatic carbocycles. The predicted octanol–water partition coefficient (Wildman–Crippen LogP) is 1.04. The fourth-order valence-electron chi connectivity index (χ4n) is 3.28. The molecule has 3 rings (SSSR count). The number of nitrogens with zero attached hydrogens (tertiary/aromatic N) is 2. The molecule has 1 aromatic heterocycles. The van der Waals surface area contributed by atoms with E-state index in [0.717, 1.165) is 24.4 Å². The van der Waals surface area contributed by atoms with Gasteiger partial charge in [0.1, 0.15) is 5.82 Å². The van der Waals surface area contributed by atoms with Gasteiger partial charge in [0.15, 0.2) is 9.84 Å². The first-order chi connectivity index (χ1) is 9.95. The van der Waals surface area contributed by atoms with Crippen LogP contribution in [-0.2, 0) is 34.0 Å². The number of rotatable bonds is 3. The van der Waals surface area contributed by atoms with Gasteiger partial charge in [-0.05, 0) is 19.3 Å². The van der Waals surface area contributed by atoms with E-state index in [0.29, 0.717) is 32.2 Å². The molecule has 2 atom stereocenters. The maximum absolute atomic E-state index is 12.1.